The molecule has 8 nitrogen and oxygen atoms in total. The van der Waals surface area contributed by atoms with E-state index < -0.39 is 0 Å². The lowest BCUT2D eigenvalue weighted by Gasteiger charge is -2.18. The normalized spacial score (nSPS) is 14.2. The van der Waals surface area contributed by atoms with E-state index in [1.807, 2.05) is 30.3 Å². The molecule has 1 aliphatic rings. The zero-order chi connectivity index (χ0) is 23.0. The van der Waals surface area contributed by atoms with Crippen LogP contribution in [0.5, 0.6) is 5.75 Å². The Kier molecular flexibility index (Phi) is 5.38. The molecule has 0 bridgehead atoms. The van der Waals surface area contributed by atoms with Crippen molar-refractivity contribution in [1.29, 1.82) is 0 Å². The lowest BCUT2D eigenvalue weighted by Crippen LogP contribution is -2.36. The largest absolute Gasteiger partial charge is 0.486 e. The molecule has 9 heteroatoms. The van der Waals surface area contributed by atoms with Crippen LogP contribution in [0.1, 0.15) is 42.2 Å². The molecule has 168 valence electrons. The van der Waals surface area contributed by atoms with Crippen LogP contribution in [0.25, 0.3) is 17.2 Å². The summed E-state index contributed by atoms with van der Waals surface area (Å²) in [4.78, 5) is 34.4. The van der Waals surface area contributed by atoms with Gasteiger partial charge in [0.1, 0.15) is 12.4 Å². The van der Waals surface area contributed by atoms with Crippen LogP contribution in [-0.4, -0.2) is 31.0 Å². The van der Waals surface area contributed by atoms with Gasteiger partial charge in [-0.1, -0.05) is 54.9 Å². The standard InChI is InChI=1S/C24H22ClN5O3/c1-2-24(11-12-24)28-22(32)20-17(25)9-6-10-18(20)33-14-16-13-19(31)30-23(26-16)27-21(29-30)15-7-4-3-5-8-15/h3-10,13H,2,11-12,14H2,1H3,(H,28,32)(H,26,27,29). The number of nitrogens with zero attached hydrogens (tertiary/aromatic N) is 3. The number of benzene rings is 2. The van der Waals surface area contributed by atoms with Gasteiger partial charge in [0, 0.05) is 17.2 Å². The molecule has 1 amide bonds. The first kappa shape index (κ1) is 21.2. The molecular formula is C24H22ClN5O3. The summed E-state index contributed by atoms with van der Waals surface area (Å²) < 4.78 is 7.18. The number of halogens is 1. The monoisotopic (exact) mass is 463 g/mol. The second kappa shape index (κ2) is 8.37. The van der Waals surface area contributed by atoms with Crippen LogP contribution in [0.2, 0.25) is 5.02 Å². The van der Waals surface area contributed by atoms with E-state index in [2.05, 4.69) is 27.3 Å². The van der Waals surface area contributed by atoms with Gasteiger partial charge in [-0.3, -0.25) is 14.7 Å². The van der Waals surface area contributed by atoms with E-state index >= 15 is 0 Å². The Labute approximate surface area is 194 Å². The number of H-pyrrole nitrogens is 1. The van der Waals surface area contributed by atoms with Gasteiger partial charge in [-0.25, -0.2) is 4.98 Å². The zero-order valence-corrected chi connectivity index (χ0v) is 18.7. The number of ether oxygens (including phenoxy) is 1. The van der Waals surface area contributed by atoms with Crippen LogP contribution < -0.4 is 15.6 Å². The Bertz CT molecular complexity index is 1390. The van der Waals surface area contributed by atoms with Crippen molar-refractivity contribution in [3.63, 3.8) is 0 Å². The van der Waals surface area contributed by atoms with Gasteiger partial charge in [0.15, 0.2) is 5.82 Å². The molecule has 0 unspecified atom stereocenters. The molecule has 0 aliphatic heterocycles. The van der Waals surface area contributed by atoms with E-state index in [1.54, 1.807) is 18.2 Å². The van der Waals surface area contributed by atoms with Gasteiger partial charge in [0.2, 0.25) is 0 Å². The van der Waals surface area contributed by atoms with Crippen molar-refractivity contribution >= 4 is 23.3 Å². The Balaban J connectivity index is 1.39. The molecule has 2 N–H and O–H groups in total. The maximum absolute atomic E-state index is 12.9. The summed E-state index contributed by atoms with van der Waals surface area (Å²) in [5.74, 6) is 0.846. The van der Waals surface area contributed by atoms with Crippen LogP contribution in [0.4, 0.5) is 0 Å². The van der Waals surface area contributed by atoms with Crippen molar-refractivity contribution in [2.75, 3.05) is 0 Å². The number of hydrogen-bond acceptors (Lipinski definition) is 5. The maximum atomic E-state index is 12.9. The van der Waals surface area contributed by atoms with Crippen LogP contribution in [0, 0.1) is 0 Å². The summed E-state index contributed by atoms with van der Waals surface area (Å²) in [7, 11) is 0. The topological polar surface area (TPSA) is 101 Å². The molecule has 33 heavy (non-hydrogen) atoms. The SMILES string of the molecule is CCC1(NC(=O)c2c(Cl)cccc2OCc2cc(=O)n3[nH]c(-c4ccccc4)nc3n2)CC1. The van der Waals surface area contributed by atoms with E-state index in [1.165, 1.54) is 10.6 Å². The van der Waals surface area contributed by atoms with Gasteiger partial charge >= 0.3 is 0 Å². The summed E-state index contributed by atoms with van der Waals surface area (Å²) in [6.45, 7) is 2.04. The van der Waals surface area contributed by atoms with Crippen molar-refractivity contribution in [3.8, 4) is 17.1 Å². The predicted molar refractivity (Wildman–Crippen MR) is 125 cm³/mol. The number of aromatic nitrogens is 4. The van der Waals surface area contributed by atoms with Crippen molar-refractivity contribution in [2.24, 2.45) is 0 Å². The lowest BCUT2D eigenvalue weighted by atomic mass is 10.1. The van der Waals surface area contributed by atoms with Gasteiger partial charge in [0.25, 0.3) is 17.2 Å². The smallest absolute Gasteiger partial charge is 0.274 e. The van der Waals surface area contributed by atoms with Gasteiger partial charge in [-0.2, -0.15) is 9.50 Å². The second-order valence-corrected chi connectivity index (χ2v) is 8.56. The Morgan fingerprint density at radius 2 is 1.97 bits per heavy atom. The highest BCUT2D eigenvalue weighted by Gasteiger charge is 2.42. The Morgan fingerprint density at radius 1 is 1.18 bits per heavy atom. The molecule has 1 saturated carbocycles. The fourth-order valence-electron chi connectivity index (χ4n) is 3.74. The third-order valence-electron chi connectivity index (χ3n) is 5.92. The summed E-state index contributed by atoms with van der Waals surface area (Å²) in [5.41, 5.74) is 1.06. The van der Waals surface area contributed by atoms with E-state index in [0.717, 1.165) is 24.8 Å². The Hall–Kier alpha value is -3.65. The number of fused-ring (bicyclic) bond motifs is 1. The molecule has 0 spiro atoms. The van der Waals surface area contributed by atoms with E-state index in [0.29, 0.717) is 22.3 Å². The lowest BCUT2D eigenvalue weighted by molar-refractivity contribution is 0.0926. The third-order valence-corrected chi connectivity index (χ3v) is 6.23. The van der Waals surface area contributed by atoms with Gasteiger partial charge in [0.05, 0.1) is 16.3 Å². The van der Waals surface area contributed by atoms with Crippen LogP contribution in [0.3, 0.4) is 0 Å². The fourth-order valence-corrected chi connectivity index (χ4v) is 4.00. The molecule has 2 heterocycles. The number of aromatic amines is 1. The number of carbonyl (C=O) groups is 1. The Morgan fingerprint density at radius 3 is 2.70 bits per heavy atom. The molecular weight excluding hydrogens is 442 g/mol. The maximum Gasteiger partial charge on any atom is 0.274 e. The number of nitrogens with one attached hydrogen (secondary N) is 2. The second-order valence-electron chi connectivity index (χ2n) is 8.15. The highest BCUT2D eigenvalue weighted by atomic mass is 35.5. The minimum Gasteiger partial charge on any atom is -0.486 e. The average Bonchev–Trinajstić information content (AvgIpc) is 3.45. The third kappa shape index (κ3) is 4.21. The quantitative estimate of drug-likeness (QED) is 0.431. The van der Waals surface area contributed by atoms with Crippen LogP contribution in [-0.2, 0) is 6.61 Å². The van der Waals surface area contributed by atoms with Gasteiger partial charge < -0.3 is 10.1 Å². The molecule has 2 aromatic heterocycles. The van der Waals surface area contributed by atoms with Crippen molar-refractivity contribution in [2.45, 2.75) is 38.3 Å². The van der Waals surface area contributed by atoms with Crippen molar-refractivity contribution in [3.05, 3.63) is 81.2 Å². The molecule has 1 fully saturated rings. The predicted octanol–water partition coefficient (Wildman–Crippen LogP) is 3.99. The summed E-state index contributed by atoms with van der Waals surface area (Å²) in [6, 6.07) is 15.9. The first-order valence-corrected chi connectivity index (χ1v) is 11.1. The molecule has 0 saturated heterocycles. The first-order valence-electron chi connectivity index (χ1n) is 10.8. The van der Waals surface area contributed by atoms with Crippen molar-refractivity contribution in [1.82, 2.24) is 24.9 Å². The molecule has 2 aromatic carbocycles. The minimum atomic E-state index is -0.309. The summed E-state index contributed by atoms with van der Waals surface area (Å²) >= 11 is 6.34. The van der Waals surface area contributed by atoms with Crippen LogP contribution >= 0.6 is 11.6 Å². The highest BCUT2D eigenvalue weighted by molar-refractivity contribution is 6.34. The molecule has 1 aliphatic carbocycles. The molecule has 0 atom stereocenters. The fraction of sp³-hybridized carbons (Fsp3) is 0.250. The van der Waals surface area contributed by atoms with Crippen LogP contribution in [0.15, 0.2) is 59.4 Å². The zero-order valence-electron chi connectivity index (χ0n) is 18.0. The van der Waals surface area contributed by atoms with E-state index in [4.69, 9.17) is 16.3 Å². The van der Waals surface area contributed by atoms with Gasteiger partial charge in [-0.15, -0.1) is 0 Å². The van der Waals surface area contributed by atoms with Crippen molar-refractivity contribution < 1.29 is 9.53 Å². The molecule has 0 radical (unpaired) electrons. The average molecular weight is 464 g/mol. The highest BCUT2D eigenvalue weighted by Crippen LogP contribution is 2.39. The minimum absolute atomic E-state index is 0.0151. The number of hydrogen-bond donors (Lipinski definition) is 2. The summed E-state index contributed by atoms with van der Waals surface area (Å²) in [6.07, 6.45) is 2.78. The number of rotatable bonds is 7. The van der Waals surface area contributed by atoms with E-state index in [-0.39, 0.29) is 35.0 Å². The molecule has 4 aromatic rings. The summed E-state index contributed by atoms with van der Waals surface area (Å²) in [5, 5.41) is 6.35. The van der Waals surface area contributed by atoms with E-state index in [9.17, 15) is 9.59 Å². The molecule has 5 rings (SSSR count). The first-order chi connectivity index (χ1) is 16.0. The van der Waals surface area contributed by atoms with Gasteiger partial charge in [-0.05, 0) is 31.4 Å². The number of carbonyl (C=O) groups excluding carboxylic acids is 1. The number of amides is 1.